The molecule has 0 aliphatic carbocycles. The van der Waals surface area contributed by atoms with Crippen molar-refractivity contribution in [3.05, 3.63) is 56.6 Å². The number of aromatic amines is 3. The van der Waals surface area contributed by atoms with E-state index in [1.54, 1.807) is 0 Å². The normalized spacial score (nSPS) is 17.3. The Morgan fingerprint density at radius 3 is 2.85 bits per heavy atom. The van der Waals surface area contributed by atoms with Crippen LogP contribution in [0, 0.1) is 0 Å². The van der Waals surface area contributed by atoms with Crippen LogP contribution in [0.4, 0.5) is 0 Å². The third kappa shape index (κ3) is 3.53. The molecule has 0 spiro atoms. The van der Waals surface area contributed by atoms with Crippen LogP contribution in [-0.2, 0) is 11.2 Å². The second-order valence-corrected chi connectivity index (χ2v) is 6.69. The molecule has 3 heterocycles. The second kappa shape index (κ2) is 7.18. The van der Waals surface area contributed by atoms with E-state index in [1.807, 2.05) is 29.2 Å². The number of likely N-dealkylation sites (tertiary alicyclic amines) is 1. The molecule has 0 radical (unpaired) electrons. The standard InChI is InChI=1S/C18H20N6O3/c25-15(9-8-13-17(26)21-18(27)23-22-13)24-10-4-3-7-14(24)16-19-11-5-1-2-6-12(11)20-16/h1-2,5-6,14H,3-4,7-10H2,(H,19,20)(H2,21,23,26,27)/t14-/m0/s1. The summed E-state index contributed by atoms with van der Waals surface area (Å²) in [5.74, 6) is 0.747. The Morgan fingerprint density at radius 1 is 1.19 bits per heavy atom. The molecule has 1 amide bonds. The van der Waals surface area contributed by atoms with Crippen molar-refractivity contribution in [1.82, 2.24) is 30.0 Å². The van der Waals surface area contributed by atoms with Crippen molar-refractivity contribution >= 4 is 16.9 Å². The summed E-state index contributed by atoms with van der Waals surface area (Å²) in [6.07, 6.45) is 3.16. The molecule has 3 aromatic rings. The summed E-state index contributed by atoms with van der Waals surface area (Å²) in [4.78, 5) is 47.5. The van der Waals surface area contributed by atoms with Gasteiger partial charge in [0.2, 0.25) is 5.91 Å². The Balaban J connectivity index is 1.52. The van der Waals surface area contributed by atoms with Crippen LogP contribution in [-0.4, -0.2) is 42.5 Å². The zero-order chi connectivity index (χ0) is 18.8. The van der Waals surface area contributed by atoms with Crippen molar-refractivity contribution in [2.75, 3.05) is 6.54 Å². The molecule has 4 rings (SSSR count). The number of aromatic nitrogens is 5. The summed E-state index contributed by atoms with van der Waals surface area (Å²) in [7, 11) is 0. The predicted octanol–water partition coefficient (Wildman–Crippen LogP) is 1.02. The van der Waals surface area contributed by atoms with Crippen LogP contribution in [0.2, 0.25) is 0 Å². The number of imidazole rings is 1. The number of H-pyrrole nitrogens is 3. The molecule has 2 aromatic heterocycles. The monoisotopic (exact) mass is 368 g/mol. The van der Waals surface area contributed by atoms with E-state index in [9.17, 15) is 14.4 Å². The first kappa shape index (κ1) is 17.2. The number of aryl methyl sites for hydroxylation is 1. The molecule has 1 atom stereocenters. The maximum Gasteiger partial charge on any atom is 0.342 e. The number of para-hydroxylation sites is 2. The molecule has 0 unspecified atom stereocenters. The van der Waals surface area contributed by atoms with E-state index in [0.717, 1.165) is 36.1 Å². The van der Waals surface area contributed by atoms with E-state index in [2.05, 4.69) is 25.1 Å². The summed E-state index contributed by atoms with van der Waals surface area (Å²) < 4.78 is 0. The number of carbonyl (C=O) groups is 1. The summed E-state index contributed by atoms with van der Waals surface area (Å²) in [6.45, 7) is 0.663. The molecule has 1 aliphatic rings. The van der Waals surface area contributed by atoms with Crippen LogP contribution >= 0.6 is 0 Å². The third-order valence-corrected chi connectivity index (χ3v) is 4.90. The average molecular weight is 368 g/mol. The molecule has 1 fully saturated rings. The molecule has 9 nitrogen and oxygen atoms in total. The Hall–Kier alpha value is -3.23. The van der Waals surface area contributed by atoms with Crippen LogP contribution in [0.25, 0.3) is 11.0 Å². The number of nitrogens with zero attached hydrogens (tertiary/aromatic N) is 3. The van der Waals surface area contributed by atoms with Crippen LogP contribution in [0.1, 0.15) is 43.2 Å². The quantitative estimate of drug-likeness (QED) is 0.633. The van der Waals surface area contributed by atoms with Gasteiger partial charge in [-0.1, -0.05) is 12.1 Å². The number of benzene rings is 1. The SMILES string of the molecule is O=C(CCc1n[nH]c(=O)[nH]c1=O)N1CCCC[C@H]1c1nc2ccccc2[nH]1. The molecule has 1 aromatic carbocycles. The van der Waals surface area contributed by atoms with Crippen LogP contribution in [0.15, 0.2) is 33.9 Å². The van der Waals surface area contributed by atoms with Crippen LogP contribution < -0.4 is 11.2 Å². The molecule has 1 aliphatic heterocycles. The third-order valence-electron chi connectivity index (χ3n) is 4.90. The lowest BCUT2D eigenvalue weighted by atomic mass is 10.0. The molecule has 27 heavy (non-hydrogen) atoms. The molecular weight excluding hydrogens is 348 g/mol. The number of hydrogen-bond donors (Lipinski definition) is 3. The highest BCUT2D eigenvalue weighted by Crippen LogP contribution is 2.31. The fraction of sp³-hybridized carbons (Fsp3) is 0.389. The Bertz CT molecular complexity index is 1050. The number of nitrogens with one attached hydrogen (secondary N) is 3. The lowest BCUT2D eigenvalue weighted by Crippen LogP contribution is -2.39. The number of hydrogen-bond acceptors (Lipinski definition) is 5. The van der Waals surface area contributed by atoms with Gasteiger partial charge in [0.15, 0.2) is 0 Å². The molecule has 3 N–H and O–H groups in total. The van der Waals surface area contributed by atoms with Crippen molar-refractivity contribution in [3.8, 4) is 0 Å². The zero-order valence-corrected chi connectivity index (χ0v) is 14.7. The zero-order valence-electron chi connectivity index (χ0n) is 14.7. The Kier molecular flexibility index (Phi) is 4.57. The highest BCUT2D eigenvalue weighted by Gasteiger charge is 2.30. The van der Waals surface area contributed by atoms with Gasteiger partial charge in [-0.3, -0.25) is 14.6 Å². The highest BCUT2D eigenvalue weighted by atomic mass is 16.2. The van der Waals surface area contributed by atoms with E-state index in [1.165, 1.54) is 0 Å². The van der Waals surface area contributed by atoms with E-state index >= 15 is 0 Å². The van der Waals surface area contributed by atoms with E-state index in [-0.39, 0.29) is 30.5 Å². The minimum absolute atomic E-state index is 0.0486. The minimum Gasteiger partial charge on any atom is -0.340 e. The molecule has 0 bridgehead atoms. The van der Waals surface area contributed by atoms with Crippen LogP contribution in [0.5, 0.6) is 0 Å². The molecular formula is C18H20N6O3. The van der Waals surface area contributed by atoms with Gasteiger partial charge in [-0.2, -0.15) is 5.10 Å². The molecule has 9 heteroatoms. The first-order chi connectivity index (χ1) is 13.1. The van der Waals surface area contributed by atoms with Crippen molar-refractivity contribution in [3.63, 3.8) is 0 Å². The maximum atomic E-state index is 12.8. The van der Waals surface area contributed by atoms with Crippen molar-refractivity contribution in [2.45, 2.75) is 38.1 Å². The Morgan fingerprint density at radius 2 is 2.04 bits per heavy atom. The predicted molar refractivity (Wildman–Crippen MR) is 98.2 cm³/mol. The first-order valence-corrected chi connectivity index (χ1v) is 9.04. The van der Waals surface area contributed by atoms with Gasteiger partial charge in [0, 0.05) is 19.4 Å². The molecule has 140 valence electrons. The van der Waals surface area contributed by atoms with Gasteiger partial charge in [-0.25, -0.2) is 14.9 Å². The lowest BCUT2D eigenvalue weighted by Gasteiger charge is -2.34. The largest absolute Gasteiger partial charge is 0.342 e. The van der Waals surface area contributed by atoms with Gasteiger partial charge in [0.1, 0.15) is 11.5 Å². The van der Waals surface area contributed by atoms with E-state index in [0.29, 0.717) is 6.54 Å². The van der Waals surface area contributed by atoms with Gasteiger partial charge in [-0.05, 0) is 31.4 Å². The summed E-state index contributed by atoms with van der Waals surface area (Å²) in [5, 5.41) is 5.92. The number of fused-ring (bicyclic) bond motifs is 1. The Labute approximate surface area is 153 Å². The highest BCUT2D eigenvalue weighted by molar-refractivity contribution is 5.78. The summed E-state index contributed by atoms with van der Waals surface area (Å²) >= 11 is 0. The smallest absolute Gasteiger partial charge is 0.340 e. The number of carbonyl (C=O) groups excluding carboxylic acids is 1. The van der Waals surface area contributed by atoms with Gasteiger partial charge in [0.25, 0.3) is 5.56 Å². The van der Waals surface area contributed by atoms with E-state index < -0.39 is 11.2 Å². The fourth-order valence-electron chi connectivity index (χ4n) is 3.56. The minimum atomic E-state index is -0.656. The number of piperidine rings is 1. The molecule has 1 saturated heterocycles. The lowest BCUT2D eigenvalue weighted by molar-refractivity contribution is -0.135. The number of rotatable bonds is 4. The maximum absolute atomic E-state index is 12.8. The first-order valence-electron chi connectivity index (χ1n) is 9.04. The summed E-state index contributed by atoms with van der Waals surface area (Å²) in [6, 6.07) is 7.70. The van der Waals surface area contributed by atoms with Crippen molar-refractivity contribution in [2.24, 2.45) is 0 Å². The second-order valence-electron chi connectivity index (χ2n) is 6.69. The topological polar surface area (TPSA) is 128 Å². The average Bonchev–Trinajstić information content (AvgIpc) is 3.11. The fourth-order valence-corrected chi connectivity index (χ4v) is 3.56. The van der Waals surface area contributed by atoms with E-state index in [4.69, 9.17) is 0 Å². The number of amides is 1. The van der Waals surface area contributed by atoms with Crippen LogP contribution in [0.3, 0.4) is 0 Å². The van der Waals surface area contributed by atoms with Crippen molar-refractivity contribution in [1.29, 1.82) is 0 Å². The van der Waals surface area contributed by atoms with Gasteiger partial charge < -0.3 is 9.88 Å². The summed E-state index contributed by atoms with van der Waals surface area (Å²) in [5.41, 5.74) is 0.777. The van der Waals surface area contributed by atoms with Gasteiger partial charge in [0.05, 0.1) is 17.1 Å². The molecule has 0 saturated carbocycles. The van der Waals surface area contributed by atoms with Crippen molar-refractivity contribution < 1.29 is 4.79 Å². The van der Waals surface area contributed by atoms with Gasteiger partial charge >= 0.3 is 5.69 Å². The van der Waals surface area contributed by atoms with Gasteiger partial charge in [-0.15, -0.1) is 0 Å².